The topological polar surface area (TPSA) is 25.8 Å². The minimum Gasteiger partial charge on any atom is -0.378 e. The van der Waals surface area contributed by atoms with Crippen LogP contribution in [0.25, 0.3) is 22.2 Å². The Balaban J connectivity index is 0.00000113. The van der Waals surface area contributed by atoms with Gasteiger partial charge in [0.25, 0.3) is 0 Å². The van der Waals surface area contributed by atoms with E-state index in [1.807, 2.05) is 48.5 Å². The Kier molecular flexibility index (Phi) is 8.74. The number of hydrogen-bond donors (Lipinski definition) is 0. The Morgan fingerprint density at radius 3 is 2.36 bits per heavy atom. The molecule has 1 aromatic heterocycles. The molecule has 3 aromatic carbocycles. The first-order valence-corrected chi connectivity index (χ1v) is 7.48. The summed E-state index contributed by atoms with van der Waals surface area (Å²) >= 11 is 0. The second-order valence-electron chi connectivity index (χ2n) is 5.40. The van der Waals surface area contributed by atoms with Crippen LogP contribution in [-0.4, -0.2) is 9.97 Å². The molecule has 0 N–H and O–H groups in total. The monoisotopic (exact) mass is 467 g/mol. The summed E-state index contributed by atoms with van der Waals surface area (Å²) in [5.41, 5.74) is 5.30. The van der Waals surface area contributed by atoms with E-state index in [0.717, 1.165) is 28.6 Å². The molecule has 0 bridgehead atoms. The Hall–Kier alpha value is -0.0909. The molecule has 2 nitrogen and oxygen atoms in total. The zero-order valence-corrected chi connectivity index (χ0v) is 21.8. The SMILES string of the molecule is [Rb+].[Y].[c-]1cccc(Cc2ccc3n[c-]nc(-c4c[c-]ccc4)c3c2)c1. The zero-order chi connectivity index (χ0) is 15.5. The van der Waals surface area contributed by atoms with Gasteiger partial charge in [0.2, 0.25) is 0 Å². The Bertz CT molecular complexity index is 944. The van der Waals surface area contributed by atoms with Gasteiger partial charge in [-0.1, -0.05) is 34.8 Å². The third-order valence-electron chi connectivity index (χ3n) is 3.81. The molecule has 0 fully saturated rings. The van der Waals surface area contributed by atoms with Crippen LogP contribution in [0.2, 0.25) is 0 Å². The van der Waals surface area contributed by atoms with Crippen molar-refractivity contribution in [2.45, 2.75) is 6.42 Å². The number of nitrogens with zero attached hydrogens (tertiary/aromatic N) is 2. The third-order valence-corrected chi connectivity index (χ3v) is 3.81. The molecular formula is C21H13N2RbY-2. The van der Waals surface area contributed by atoms with E-state index >= 15 is 0 Å². The first kappa shape index (κ1) is 21.2. The number of fused-ring (bicyclic) bond motifs is 1. The fraction of sp³-hybridized carbons (Fsp3) is 0.0476. The smallest absolute Gasteiger partial charge is 0.378 e. The maximum absolute atomic E-state index is 4.36. The molecule has 0 amide bonds. The summed E-state index contributed by atoms with van der Waals surface area (Å²) in [7, 11) is 0. The maximum atomic E-state index is 4.36. The molecule has 0 atom stereocenters. The molecule has 0 aliphatic heterocycles. The fourth-order valence-electron chi connectivity index (χ4n) is 2.71. The fourth-order valence-corrected chi connectivity index (χ4v) is 2.71. The van der Waals surface area contributed by atoms with Gasteiger partial charge >= 0.3 is 58.2 Å². The quantitative estimate of drug-likeness (QED) is 0.425. The van der Waals surface area contributed by atoms with E-state index < -0.39 is 0 Å². The van der Waals surface area contributed by atoms with Crippen molar-refractivity contribution in [3.8, 4) is 11.3 Å². The predicted octanol–water partition coefficient (Wildman–Crippen LogP) is 1.29. The molecule has 4 heteroatoms. The summed E-state index contributed by atoms with van der Waals surface area (Å²) in [5, 5.41) is 1.04. The van der Waals surface area contributed by atoms with Gasteiger partial charge in [-0.05, 0) is 11.9 Å². The minimum absolute atomic E-state index is 0. The summed E-state index contributed by atoms with van der Waals surface area (Å²) in [6, 6.07) is 28.4. The van der Waals surface area contributed by atoms with Gasteiger partial charge in [-0.25, -0.2) is 0 Å². The number of hydrogen-bond acceptors (Lipinski definition) is 2. The van der Waals surface area contributed by atoms with E-state index in [0.29, 0.717) is 0 Å². The van der Waals surface area contributed by atoms with Crippen molar-refractivity contribution < 1.29 is 90.9 Å². The van der Waals surface area contributed by atoms with Gasteiger partial charge in [-0.3, -0.25) is 0 Å². The van der Waals surface area contributed by atoms with Gasteiger partial charge in [0.1, 0.15) is 0 Å². The van der Waals surface area contributed by atoms with Gasteiger partial charge in [-0.2, -0.15) is 71.8 Å². The molecule has 113 valence electrons. The number of benzene rings is 3. The molecular weight excluding hydrogens is 455 g/mol. The summed E-state index contributed by atoms with van der Waals surface area (Å²) in [5.74, 6) is 0. The Morgan fingerprint density at radius 1 is 0.840 bits per heavy atom. The molecule has 0 saturated heterocycles. The van der Waals surface area contributed by atoms with Crippen LogP contribution in [0, 0.1) is 18.5 Å². The van der Waals surface area contributed by atoms with Crippen LogP contribution in [-0.2, 0) is 39.1 Å². The van der Waals surface area contributed by atoms with Crippen molar-refractivity contribution in [2.75, 3.05) is 0 Å². The molecule has 0 aliphatic rings. The van der Waals surface area contributed by atoms with Crippen molar-refractivity contribution in [2.24, 2.45) is 0 Å². The standard InChI is InChI=1S/C21H13N2.Rb.Y/c1-3-7-16(8-4-1)13-17-11-12-20-19(14-17)21(23-15-22-20)18-9-5-2-6-10-18;;/h1-3,5,7-12,14H,13H2;;/q-3;+1;. The molecule has 0 spiro atoms. The van der Waals surface area contributed by atoms with Crippen LogP contribution in [0.15, 0.2) is 66.7 Å². The average molecular weight is 468 g/mol. The van der Waals surface area contributed by atoms with Crippen molar-refractivity contribution in [3.63, 3.8) is 0 Å². The first-order valence-electron chi connectivity index (χ1n) is 7.48. The van der Waals surface area contributed by atoms with Crippen LogP contribution < -0.4 is 58.2 Å². The molecule has 0 aliphatic carbocycles. The van der Waals surface area contributed by atoms with E-state index in [9.17, 15) is 0 Å². The van der Waals surface area contributed by atoms with Crippen molar-refractivity contribution in [1.82, 2.24) is 9.97 Å². The summed E-state index contributed by atoms with van der Waals surface area (Å²) in [4.78, 5) is 8.63. The van der Waals surface area contributed by atoms with Crippen LogP contribution in [0.4, 0.5) is 0 Å². The molecule has 4 aromatic rings. The predicted molar refractivity (Wildman–Crippen MR) is 90.7 cm³/mol. The van der Waals surface area contributed by atoms with Gasteiger partial charge in [0, 0.05) is 39.0 Å². The van der Waals surface area contributed by atoms with Gasteiger partial charge < -0.3 is 9.97 Å². The number of aromatic nitrogens is 2. The Labute approximate surface area is 222 Å². The van der Waals surface area contributed by atoms with Crippen LogP contribution >= 0.6 is 0 Å². The number of rotatable bonds is 3. The Morgan fingerprint density at radius 2 is 1.64 bits per heavy atom. The third kappa shape index (κ3) is 5.22. The van der Waals surface area contributed by atoms with Gasteiger partial charge in [0.15, 0.2) is 0 Å². The summed E-state index contributed by atoms with van der Waals surface area (Å²) in [6.45, 7) is 0. The van der Waals surface area contributed by atoms with Crippen LogP contribution in [0.3, 0.4) is 0 Å². The van der Waals surface area contributed by atoms with E-state index in [1.54, 1.807) is 0 Å². The first-order chi connectivity index (χ1) is 11.4. The minimum atomic E-state index is 0. The van der Waals surface area contributed by atoms with Gasteiger partial charge in [0.05, 0.1) is 0 Å². The van der Waals surface area contributed by atoms with Crippen LogP contribution in [0.1, 0.15) is 11.1 Å². The summed E-state index contributed by atoms with van der Waals surface area (Å²) < 4.78 is 0. The molecule has 0 unspecified atom stereocenters. The molecule has 0 saturated carbocycles. The van der Waals surface area contributed by atoms with E-state index in [4.69, 9.17) is 0 Å². The van der Waals surface area contributed by atoms with Crippen LogP contribution in [0.5, 0.6) is 0 Å². The maximum Gasteiger partial charge on any atom is 1.00 e. The molecule has 4 rings (SSSR count). The molecule has 25 heavy (non-hydrogen) atoms. The second kappa shape index (κ2) is 10.3. The van der Waals surface area contributed by atoms with E-state index in [1.165, 1.54) is 11.1 Å². The van der Waals surface area contributed by atoms with E-state index in [-0.39, 0.29) is 90.9 Å². The summed E-state index contributed by atoms with van der Waals surface area (Å²) in [6.07, 6.45) is 3.62. The average Bonchev–Trinajstić information content (AvgIpc) is 2.63. The largest absolute Gasteiger partial charge is 1.00 e. The zero-order valence-electron chi connectivity index (χ0n) is 14.0. The normalized spacial score (nSPS) is 9.92. The van der Waals surface area contributed by atoms with Gasteiger partial charge in [-0.15, -0.1) is 0 Å². The molecule has 1 radical (unpaired) electrons. The van der Waals surface area contributed by atoms with E-state index in [2.05, 4.69) is 46.6 Å². The van der Waals surface area contributed by atoms with Crippen molar-refractivity contribution >= 4 is 10.9 Å². The van der Waals surface area contributed by atoms with Crippen molar-refractivity contribution in [1.29, 1.82) is 0 Å². The van der Waals surface area contributed by atoms with Crippen molar-refractivity contribution in [3.05, 3.63) is 96.3 Å². The second-order valence-corrected chi connectivity index (χ2v) is 5.40. The molecule has 1 heterocycles.